The molecular weight excluding hydrogens is 166 g/mol. The van der Waals surface area contributed by atoms with Crippen LogP contribution in [0.5, 0.6) is 0 Å². The third-order valence-corrected chi connectivity index (χ3v) is 1.94. The molecule has 1 atom stereocenters. The number of hydrazone groups is 1. The van der Waals surface area contributed by atoms with Crippen LogP contribution in [0.25, 0.3) is 0 Å². The number of anilines is 1. The molecule has 13 heavy (non-hydrogen) atoms. The maximum absolute atomic E-state index is 5.61. The van der Waals surface area contributed by atoms with Crippen LogP contribution >= 0.6 is 0 Å². The van der Waals surface area contributed by atoms with Gasteiger partial charge >= 0.3 is 0 Å². The Morgan fingerprint density at radius 3 is 2.92 bits per heavy atom. The fraction of sp³-hybridized carbons (Fsp3) is 0.375. The van der Waals surface area contributed by atoms with Crippen molar-refractivity contribution in [3.63, 3.8) is 0 Å². The summed E-state index contributed by atoms with van der Waals surface area (Å²) in [6.07, 6.45) is 5.75. The minimum atomic E-state index is 0.275. The smallest absolute Gasteiger partial charge is 0.167 e. The molecule has 1 aromatic heterocycles. The number of amidine groups is 1. The summed E-state index contributed by atoms with van der Waals surface area (Å²) in [6.45, 7) is 2.05. The first-order valence-corrected chi connectivity index (χ1v) is 4.15. The van der Waals surface area contributed by atoms with Gasteiger partial charge in [0.05, 0.1) is 12.2 Å². The van der Waals surface area contributed by atoms with E-state index in [2.05, 4.69) is 22.0 Å². The second-order valence-corrected chi connectivity index (χ2v) is 3.05. The van der Waals surface area contributed by atoms with Crippen LogP contribution in [0.2, 0.25) is 0 Å². The molecule has 1 aromatic rings. The molecule has 2 heterocycles. The van der Waals surface area contributed by atoms with E-state index in [9.17, 15) is 0 Å². The Bertz CT molecular complexity index is 321. The Labute approximate surface area is 76.3 Å². The number of aromatic nitrogens is 2. The molecule has 0 spiro atoms. The van der Waals surface area contributed by atoms with Crippen LogP contribution < -0.4 is 10.7 Å². The summed E-state index contributed by atoms with van der Waals surface area (Å²) in [5, 5.41) is 5.96. The summed E-state index contributed by atoms with van der Waals surface area (Å²) in [4.78, 5) is 8.12. The molecule has 0 radical (unpaired) electrons. The molecule has 68 valence electrons. The van der Waals surface area contributed by atoms with Crippen molar-refractivity contribution in [3.8, 4) is 0 Å². The first-order valence-electron chi connectivity index (χ1n) is 4.15. The molecule has 1 unspecified atom stereocenters. The van der Waals surface area contributed by atoms with E-state index in [0.29, 0.717) is 5.84 Å². The zero-order valence-corrected chi connectivity index (χ0v) is 7.38. The maximum Gasteiger partial charge on any atom is 0.167 e. The molecule has 0 saturated carbocycles. The van der Waals surface area contributed by atoms with Gasteiger partial charge in [0.1, 0.15) is 5.84 Å². The average molecular weight is 177 g/mol. The van der Waals surface area contributed by atoms with Gasteiger partial charge in [0, 0.05) is 18.8 Å². The normalized spacial score (nSPS) is 21.8. The lowest BCUT2D eigenvalue weighted by molar-refractivity contribution is 0.711. The van der Waals surface area contributed by atoms with Crippen LogP contribution in [-0.4, -0.2) is 21.8 Å². The van der Waals surface area contributed by atoms with Crippen LogP contribution in [0.1, 0.15) is 13.3 Å². The van der Waals surface area contributed by atoms with Gasteiger partial charge in [-0.05, 0) is 6.92 Å². The van der Waals surface area contributed by atoms with Gasteiger partial charge in [-0.15, -0.1) is 0 Å². The van der Waals surface area contributed by atoms with E-state index in [1.165, 1.54) is 0 Å². The quantitative estimate of drug-likeness (QED) is 0.672. The summed E-state index contributed by atoms with van der Waals surface area (Å²) in [5.41, 5.74) is 5.61. The van der Waals surface area contributed by atoms with Crippen molar-refractivity contribution in [2.45, 2.75) is 19.4 Å². The minimum Gasteiger partial charge on any atom is -0.386 e. The number of hydrogen-bond donors (Lipinski definition) is 1. The summed E-state index contributed by atoms with van der Waals surface area (Å²) in [6, 6.07) is 0.275. The summed E-state index contributed by atoms with van der Waals surface area (Å²) in [5.74, 6) is 1.40. The third kappa shape index (κ3) is 1.44. The van der Waals surface area contributed by atoms with Crippen molar-refractivity contribution in [1.29, 1.82) is 0 Å². The molecular formula is C8H11N5. The first kappa shape index (κ1) is 7.97. The predicted octanol–water partition coefficient (Wildman–Crippen LogP) is 0.347. The highest BCUT2D eigenvalue weighted by molar-refractivity contribution is 5.84. The Balaban J connectivity index is 2.27. The topological polar surface area (TPSA) is 67.4 Å². The highest BCUT2D eigenvalue weighted by atomic mass is 15.5. The van der Waals surface area contributed by atoms with Gasteiger partial charge in [-0.2, -0.15) is 5.10 Å². The Hall–Kier alpha value is -1.65. The molecule has 0 aromatic carbocycles. The Kier molecular flexibility index (Phi) is 1.84. The van der Waals surface area contributed by atoms with Crippen molar-refractivity contribution < 1.29 is 0 Å². The largest absolute Gasteiger partial charge is 0.386 e. The number of nitrogens with zero attached hydrogens (tertiary/aromatic N) is 4. The summed E-state index contributed by atoms with van der Waals surface area (Å²) >= 11 is 0. The molecule has 2 N–H and O–H groups in total. The monoisotopic (exact) mass is 177 g/mol. The lowest BCUT2D eigenvalue weighted by atomic mass is 10.2. The molecule has 1 aliphatic heterocycles. The highest BCUT2D eigenvalue weighted by Gasteiger charge is 2.22. The van der Waals surface area contributed by atoms with Crippen LogP contribution in [-0.2, 0) is 0 Å². The van der Waals surface area contributed by atoms with Crippen molar-refractivity contribution in [2.75, 3.05) is 5.01 Å². The van der Waals surface area contributed by atoms with Crippen LogP contribution in [0, 0.1) is 0 Å². The van der Waals surface area contributed by atoms with Gasteiger partial charge in [0.15, 0.2) is 5.82 Å². The lowest BCUT2D eigenvalue weighted by Gasteiger charge is -2.17. The zero-order valence-electron chi connectivity index (χ0n) is 7.38. The van der Waals surface area contributed by atoms with Crippen molar-refractivity contribution >= 4 is 11.7 Å². The predicted molar refractivity (Wildman–Crippen MR) is 50.2 cm³/mol. The van der Waals surface area contributed by atoms with E-state index in [-0.39, 0.29) is 6.04 Å². The second-order valence-electron chi connectivity index (χ2n) is 3.05. The number of rotatable bonds is 1. The van der Waals surface area contributed by atoms with Gasteiger partial charge < -0.3 is 5.73 Å². The van der Waals surface area contributed by atoms with E-state index >= 15 is 0 Å². The molecule has 0 bridgehead atoms. The van der Waals surface area contributed by atoms with Gasteiger partial charge in [-0.25, -0.2) is 9.99 Å². The average Bonchev–Trinajstić information content (AvgIpc) is 2.47. The van der Waals surface area contributed by atoms with Crippen LogP contribution in [0.15, 0.2) is 23.7 Å². The molecule has 0 fully saturated rings. The molecule has 0 saturated heterocycles. The molecule has 1 aliphatic rings. The fourth-order valence-corrected chi connectivity index (χ4v) is 1.35. The summed E-state index contributed by atoms with van der Waals surface area (Å²) < 4.78 is 0. The second kappa shape index (κ2) is 3.01. The summed E-state index contributed by atoms with van der Waals surface area (Å²) in [7, 11) is 0. The Morgan fingerprint density at radius 2 is 2.38 bits per heavy atom. The fourth-order valence-electron chi connectivity index (χ4n) is 1.35. The van der Waals surface area contributed by atoms with Crippen molar-refractivity contribution in [3.05, 3.63) is 18.6 Å². The third-order valence-electron chi connectivity index (χ3n) is 1.94. The van der Waals surface area contributed by atoms with E-state index in [1.54, 1.807) is 23.6 Å². The van der Waals surface area contributed by atoms with Gasteiger partial charge in [0.2, 0.25) is 0 Å². The van der Waals surface area contributed by atoms with E-state index in [1.807, 2.05) is 0 Å². The highest BCUT2D eigenvalue weighted by Crippen LogP contribution is 2.19. The Morgan fingerprint density at radius 1 is 1.54 bits per heavy atom. The van der Waals surface area contributed by atoms with E-state index in [4.69, 9.17) is 5.73 Å². The van der Waals surface area contributed by atoms with Gasteiger partial charge in [0.25, 0.3) is 0 Å². The molecule has 0 amide bonds. The van der Waals surface area contributed by atoms with Gasteiger partial charge in [-0.1, -0.05) is 0 Å². The molecule has 5 nitrogen and oxygen atoms in total. The number of hydrogen-bond acceptors (Lipinski definition) is 5. The standard InChI is InChI=1S/C8H11N5/c1-6-4-7(9)12-13(6)8-5-10-2-3-11-8/h2-3,5-6H,4H2,1H3,(H2,9,12). The maximum atomic E-state index is 5.61. The lowest BCUT2D eigenvalue weighted by Crippen LogP contribution is -2.23. The molecule has 5 heteroatoms. The van der Waals surface area contributed by atoms with E-state index < -0.39 is 0 Å². The van der Waals surface area contributed by atoms with Crippen molar-refractivity contribution in [1.82, 2.24) is 9.97 Å². The number of nitrogens with two attached hydrogens (primary N) is 1. The van der Waals surface area contributed by atoms with Crippen LogP contribution in [0.4, 0.5) is 5.82 Å². The zero-order chi connectivity index (χ0) is 9.26. The van der Waals surface area contributed by atoms with E-state index in [0.717, 1.165) is 12.2 Å². The van der Waals surface area contributed by atoms with Crippen molar-refractivity contribution in [2.24, 2.45) is 10.8 Å². The minimum absolute atomic E-state index is 0.275. The molecule has 0 aliphatic carbocycles. The molecule has 2 rings (SSSR count). The van der Waals surface area contributed by atoms with Crippen LogP contribution in [0.3, 0.4) is 0 Å². The van der Waals surface area contributed by atoms with Gasteiger partial charge in [-0.3, -0.25) is 4.98 Å². The first-order chi connectivity index (χ1) is 6.27. The SMILES string of the molecule is CC1CC(N)=NN1c1cnccn1.